The molecule has 3 aromatic rings. The van der Waals surface area contributed by atoms with Gasteiger partial charge in [0.1, 0.15) is 0 Å². The Bertz CT molecular complexity index is 1320. The summed E-state index contributed by atoms with van der Waals surface area (Å²) in [5, 5.41) is 4.47. The third-order valence-electron chi connectivity index (χ3n) is 5.36. The first-order chi connectivity index (χ1) is 13.9. The Morgan fingerprint density at radius 2 is 2.03 bits per heavy atom. The van der Waals surface area contributed by atoms with Gasteiger partial charge in [-0.15, -0.1) is 0 Å². The summed E-state index contributed by atoms with van der Waals surface area (Å²) < 4.78 is 40.1. The first-order valence-corrected chi connectivity index (χ1v) is 10.7. The second-order valence-corrected chi connectivity index (χ2v) is 8.97. The fourth-order valence-corrected chi connectivity index (χ4v) is 5.18. The van der Waals surface area contributed by atoms with Gasteiger partial charge in [0, 0.05) is 12.1 Å². The van der Waals surface area contributed by atoms with Crippen LogP contribution in [0.25, 0.3) is 11.1 Å². The molecular formula is C18H18N4O6S. The summed E-state index contributed by atoms with van der Waals surface area (Å²) in [6.07, 6.45) is 2.61. The van der Waals surface area contributed by atoms with Crippen molar-refractivity contribution in [2.45, 2.75) is 36.2 Å². The van der Waals surface area contributed by atoms with E-state index in [1.54, 1.807) is 6.07 Å². The van der Waals surface area contributed by atoms with Crippen molar-refractivity contribution in [2.75, 3.05) is 13.2 Å². The van der Waals surface area contributed by atoms with E-state index >= 15 is 0 Å². The molecule has 0 saturated carbocycles. The second kappa shape index (κ2) is 6.65. The zero-order chi connectivity index (χ0) is 20.2. The highest BCUT2D eigenvalue weighted by molar-refractivity contribution is 7.89. The minimum atomic E-state index is -3.94. The largest absolute Gasteiger partial charge is 0.417 e. The van der Waals surface area contributed by atoms with E-state index in [2.05, 4.69) is 14.8 Å². The third kappa shape index (κ3) is 3.20. The number of H-pyrrole nitrogens is 1. The predicted octanol–water partition coefficient (Wildman–Crippen LogP) is 0.0849. The van der Waals surface area contributed by atoms with E-state index in [1.807, 2.05) is 0 Å². The van der Waals surface area contributed by atoms with Gasteiger partial charge in [-0.05, 0) is 37.0 Å². The van der Waals surface area contributed by atoms with Gasteiger partial charge < -0.3 is 9.15 Å². The highest BCUT2D eigenvalue weighted by Gasteiger charge is 2.35. The average molecular weight is 418 g/mol. The monoisotopic (exact) mass is 418 g/mol. The number of nitrogens with zero attached hydrogens (tertiary/aromatic N) is 2. The molecule has 29 heavy (non-hydrogen) atoms. The number of rotatable bonds is 4. The molecule has 2 aliphatic rings. The van der Waals surface area contributed by atoms with E-state index in [1.165, 1.54) is 22.9 Å². The summed E-state index contributed by atoms with van der Waals surface area (Å²) in [7, 11) is -3.94. The van der Waals surface area contributed by atoms with Gasteiger partial charge in [0.25, 0.3) is 5.56 Å². The van der Waals surface area contributed by atoms with E-state index in [-0.39, 0.29) is 29.3 Å². The quantitative estimate of drug-likeness (QED) is 0.612. The molecule has 1 aromatic carbocycles. The minimum absolute atomic E-state index is 0.0485. The SMILES string of the molecule is O=c1[nH]c2ccc(S(=O)(=O)NC3COCC3n3nc4c(cc3=O)CCC4)cc2o1. The molecule has 10 nitrogen and oxygen atoms in total. The van der Waals surface area contributed by atoms with Crippen molar-refractivity contribution in [2.24, 2.45) is 0 Å². The van der Waals surface area contributed by atoms with Crippen LogP contribution in [-0.2, 0) is 27.6 Å². The van der Waals surface area contributed by atoms with Crippen LogP contribution in [0.1, 0.15) is 23.7 Å². The standard InChI is InChI=1S/C18H18N4O6S/c23-17-6-10-2-1-3-12(10)20-22(17)15-9-27-8-14(15)21-29(25,26)11-4-5-13-16(7-11)28-18(24)19-13/h4-7,14-15,21H,1-3,8-9H2,(H,19,24). The number of ether oxygens (including phenoxy) is 1. The molecule has 0 spiro atoms. The first-order valence-electron chi connectivity index (χ1n) is 9.25. The van der Waals surface area contributed by atoms with Gasteiger partial charge in [0.05, 0.1) is 41.4 Å². The number of benzene rings is 1. The normalized spacial score (nSPS) is 21.7. The van der Waals surface area contributed by atoms with Crippen molar-refractivity contribution >= 4 is 21.1 Å². The van der Waals surface area contributed by atoms with Crippen molar-refractivity contribution < 1.29 is 17.6 Å². The molecule has 1 aliphatic carbocycles. The van der Waals surface area contributed by atoms with Crippen molar-refractivity contribution in [3.05, 3.63) is 56.4 Å². The number of hydrogen-bond donors (Lipinski definition) is 2. The van der Waals surface area contributed by atoms with Crippen LogP contribution < -0.4 is 16.0 Å². The third-order valence-corrected chi connectivity index (χ3v) is 6.84. The molecule has 2 N–H and O–H groups in total. The molecule has 2 aromatic heterocycles. The second-order valence-electron chi connectivity index (χ2n) is 7.26. The summed E-state index contributed by atoms with van der Waals surface area (Å²) in [5.74, 6) is -0.658. The highest BCUT2D eigenvalue weighted by Crippen LogP contribution is 2.24. The molecule has 0 amide bonds. The minimum Gasteiger partial charge on any atom is -0.408 e. The van der Waals surface area contributed by atoms with Crippen LogP contribution in [0.2, 0.25) is 0 Å². The van der Waals surface area contributed by atoms with E-state index in [9.17, 15) is 18.0 Å². The topological polar surface area (TPSA) is 136 Å². The zero-order valence-electron chi connectivity index (χ0n) is 15.3. The van der Waals surface area contributed by atoms with Crippen LogP contribution >= 0.6 is 0 Å². The Kier molecular flexibility index (Phi) is 4.19. The van der Waals surface area contributed by atoms with Gasteiger partial charge in [0.2, 0.25) is 10.0 Å². The summed E-state index contributed by atoms with van der Waals surface area (Å²) >= 11 is 0. The molecule has 152 valence electrons. The predicted molar refractivity (Wildman–Crippen MR) is 101 cm³/mol. The van der Waals surface area contributed by atoms with Gasteiger partial charge >= 0.3 is 5.76 Å². The molecule has 0 radical (unpaired) electrons. The molecule has 1 fully saturated rings. The van der Waals surface area contributed by atoms with Crippen LogP contribution in [0, 0.1) is 0 Å². The lowest BCUT2D eigenvalue weighted by Crippen LogP contribution is -2.44. The first kappa shape index (κ1) is 18.3. The molecule has 5 rings (SSSR count). The van der Waals surface area contributed by atoms with Crippen LogP contribution in [0.5, 0.6) is 0 Å². The highest BCUT2D eigenvalue weighted by atomic mass is 32.2. The Balaban J connectivity index is 1.45. The average Bonchev–Trinajstić information content (AvgIpc) is 3.38. The summed E-state index contributed by atoms with van der Waals surface area (Å²) in [5.41, 5.74) is 2.13. The van der Waals surface area contributed by atoms with Gasteiger partial charge in [-0.2, -0.15) is 5.10 Å². The van der Waals surface area contributed by atoms with Gasteiger partial charge in [-0.3, -0.25) is 9.78 Å². The smallest absolute Gasteiger partial charge is 0.408 e. The number of aromatic nitrogens is 3. The Morgan fingerprint density at radius 3 is 2.90 bits per heavy atom. The zero-order valence-corrected chi connectivity index (χ0v) is 16.1. The number of nitrogens with one attached hydrogen (secondary N) is 2. The van der Waals surface area contributed by atoms with E-state index < -0.39 is 27.9 Å². The molecule has 3 heterocycles. The van der Waals surface area contributed by atoms with E-state index in [4.69, 9.17) is 9.15 Å². The number of hydrogen-bond acceptors (Lipinski definition) is 7. The lowest BCUT2D eigenvalue weighted by Gasteiger charge is -2.20. The summed E-state index contributed by atoms with van der Waals surface area (Å²) in [6.45, 7) is 0.307. The van der Waals surface area contributed by atoms with Crippen molar-refractivity contribution in [1.82, 2.24) is 19.5 Å². The fraction of sp³-hybridized carbons (Fsp3) is 0.389. The maximum atomic E-state index is 12.9. The molecule has 2 unspecified atom stereocenters. The van der Waals surface area contributed by atoms with Crippen molar-refractivity contribution in [1.29, 1.82) is 0 Å². The van der Waals surface area contributed by atoms with Crippen LogP contribution in [-0.4, -0.2) is 42.4 Å². The Labute approximate surface area is 164 Å². The molecule has 2 atom stereocenters. The summed E-state index contributed by atoms with van der Waals surface area (Å²) in [4.78, 5) is 26.2. The van der Waals surface area contributed by atoms with Gasteiger partial charge in [-0.1, -0.05) is 0 Å². The fourth-order valence-electron chi connectivity index (χ4n) is 3.91. The van der Waals surface area contributed by atoms with Crippen LogP contribution in [0.4, 0.5) is 0 Å². The Hall–Kier alpha value is -2.76. The molecule has 11 heteroatoms. The number of sulfonamides is 1. The Morgan fingerprint density at radius 1 is 1.17 bits per heavy atom. The lowest BCUT2D eigenvalue weighted by atomic mass is 10.2. The molecule has 1 aliphatic heterocycles. The maximum Gasteiger partial charge on any atom is 0.417 e. The number of aromatic amines is 1. The van der Waals surface area contributed by atoms with Gasteiger partial charge in [-0.25, -0.2) is 22.6 Å². The maximum absolute atomic E-state index is 12.9. The molecule has 1 saturated heterocycles. The van der Waals surface area contributed by atoms with Crippen molar-refractivity contribution in [3.8, 4) is 0 Å². The molecule has 0 bridgehead atoms. The molecular weight excluding hydrogens is 400 g/mol. The van der Waals surface area contributed by atoms with E-state index in [0.29, 0.717) is 5.52 Å². The van der Waals surface area contributed by atoms with Crippen LogP contribution in [0.15, 0.2) is 43.2 Å². The summed E-state index contributed by atoms with van der Waals surface area (Å²) in [6, 6.07) is 4.50. The number of aryl methyl sites for hydroxylation is 2. The van der Waals surface area contributed by atoms with Crippen molar-refractivity contribution in [3.63, 3.8) is 0 Å². The van der Waals surface area contributed by atoms with Gasteiger partial charge in [0.15, 0.2) is 5.58 Å². The van der Waals surface area contributed by atoms with Crippen LogP contribution in [0.3, 0.4) is 0 Å². The van der Waals surface area contributed by atoms with E-state index in [0.717, 1.165) is 30.5 Å². The lowest BCUT2D eigenvalue weighted by molar-refractivity contribution is 0.181. The number of oxazole rings is 1. The number of fused-ring (bicyclic) bond motifs is 2.